The highest BCUT2D eigenvalue weighted by Gasteiger charge is 2.43. The second-order valence-electron chi connectivity index (χ2n) is 6.31. The third kappa shape index (κ3) is 2.64. The highest BCUT2D eigenvalue weighted by Crippen LogP contribution is 2.41. The Hall–Kier alpha value is -1.20. The monoisotopic (exact) mass is 297 g/mol. The Bertz CT molecular complexity index is 514. The zero-order chi connectivity index (χ0) is 15.0. The van der Waals surface area contributed by atoms with Gasteiger partial charge in [0.05, 0.1) is 12.2 Å². The number of hydrogen-bond acceptors (Lipinski definition) is 3. The Labute approximate surface area is 123 Å². The first-order valence-corrected chi connectivity index (χ1v) is 7.59. The predicted molar refractivity (Wildman–Crippen MR) is 76.0 cm³/mol. The van der Waals surface area contributed by atoms with Crippen molar-refractivity contribution < 1.29 is 19.0 Å². The summed E-state index contributed by atoms with van der Waals surface area (Å²) in [4.78, 5) is 1.70. The van der Waals surface area contributed by atoms with E-state index in [0.29, 0.717) is 19.5 Å². The molecule has 0 amide bonds. The molecule has 1 aliphatic heterocycles. The van der Waals surface area contributed by atoms with Crippen LogP contribution in [0, 0.1) is 17.6 Å². The smallest absolute Gasteiger partial charge is 0.149 e. The molecule has 1 aliphatic carbocycles. The van der Waals surface area contributed by atoms with Crippen molar-refractivity contribution in [2.75, 3.05) is 18.0 Å². The fourth-order valence-electron chi connectivity index (χ4n) is 3.79. The molecule has 1 saturated carbocycles. The van der Waals surface area contributed by atoms with Crippen LogP contribution in [-0.2, 0) is 6.61 Å². The van der Waals surface area contributed by atoms with Gasteiger partial charge in [-0.1, -0.05) is 12.8 Å². The van der Waals surface area contributed by atoms with Gasteiger partial charge in [0.1, 0.15) is 17.3 Å². The van der Waals surface area contributed by atoms with Crippen LogP contribution in [0.25, 0.3) is 0 Å². The van der Waals surface area contributed by atoms with E-state index in [0.717, 1.165) is 25.7 Å². The van der Waals surface area contributed by atoms with Crippen LogP contribution in [0.5, 0.6) is 0 Å². The maximum atomic E-state index is 14.1. The highest BCUT2D eigenvalue weighted by atomic mass is 19.1. The van der Waals surface area contributed by atoms with Gasteiger partial charge in [0.15, 0.2) is 0 Å². The number of rotatable bonds is 2. The molecule has 0 aromatic heterocycles. The predicted octanol–water partition coefficient (Wildman–Crippen LogP) is 2.59. The summed E-state index contributed by atoms with van der Waals surface area (Å²) in [5, 5.41) is 19.6. The summed E-state index contributed by atoms with van der Waals surface area (Å²) >= 11 is 0. The normalized spacial score (nSPS) is 29.3. The summed E-state index contributed by atoms with van der Waals surface area (Å²) in [5.74, 6) is -1.20. The number of halogens is 2. The van der Waals surface area contributed by atoms with Gasteiger partial charge in [-0.25, -0.2) is 8.78 Å². The summed E-state index contributed by atoms with van der Waals surface area (Å²) < 4.78 is 28.3. The van der Waals surface area contributed by atoms with Gasteiger partial charge in [-0.15, -0.1) is 0 Å². The van der Waals surface area contributed by atoms with Gasteiger partial charge in [-0.3, -0.25) is 0 Å². The van der Waals surface area contributed by atoms with E-state index in [1.165, 1.54) is 12.1 Å². The summed E-state index contributed by atoms with van der Waals surface area (Å²) in [6.45, 7) is 0.568. The van der Waals surface area contributed by atoms with Gasteiger partial charge in [0.25, 0.3) is 0 Å². The van der Waals surface area contributed by atoms with Crippen LogP contribution < -0.4 is 4.90 Å². The molecule has 0 spiro atoms. The number of benzene rings is 1. The van der Waals surface area contributed by atoms with Crippen LogP contribution in [-0.4, -0.2) is 28.9 Å². The van der Waals surface area contributed by atoms with Gasteiger partial charge in [-0.2, -0.15) is 0 Å². The van der Waals surface area contributed by atoms with Crippen molar-refractivity contribution in [3.05, 3.63) is 29.3 Å². The lowest BCUT2D eigenvalue weighted by Crippen LogP contribution is -2.53. The molecule has 2 fully saturated rings. The fourth-order valence-corrected chi connectivity index (χ4v) is 3.79. The number of anilines is 1. The molecule has 1 aromatic rings. The first kappa shape index (κ1) is 14.7. The van der Waals surface area contributed by atoms with Crippen LogP contribution in [0.4, 0.5) is 14.5 Å². The van der Waals surface area contributed by atoms with Crippen molar-refractivity contribution in [2.24, 2.45) is 5.92 Å². The average Bonchev–Trinajstić information content (AvgIpc) is 2.46. The van der Waals surface area contributed by atoms with Crippen molar-refractivity contribution in [1.29, 1.82) is 0 Å². The summed E-state index contributed by atoms with van der Waals surface area (Å²) in [6.07, 6.45) is 4.35. The number of nitrogens with zero attached hydrogens (tertiary/aromatic N) is 1. The molecule has 5 heteroatoms. The Balaban J connectivity index is 1.85. The molecule has 1 heterocycles. The number of aliphatic hydroxyl groups is 2. The molecule has 2 aliphatic rings. The van der Waals surface area contributed by atoms with Gasteiger partial charge in [0.2, 0.25) is 0 Å². The zero-order valence-electron chi connectivity index (χ0n) is 12.0. The van der Waals surface area contributed by atoms with Crippen LogP contribution in [0.3, 0.4) is 0 Å². The summed E-state index contributed by atoms with van der Waals surface area (Å²) in [6, 6.07) is 2.36. The van der Waals surface area contributed by atoms with Crippen LogP contribution in [0.15, 0.2) is 12.1 Å². The van der Waals surface area contributed by atoms with Crippen molar-refractivity contribution in [3.63, 3.8) is 0 Å². The zero-order valence-corrected chi connectivity index (χ0v) is 12.0. The highest BCUT2D eigenvalue weighted by molar-refractivity contribution is 5.51. The summed E-state index contributed by atoms with van der Waals surface area (Å²) in [5.41, 5.74) is -0.452. The van der Waals surface area contributed by atoms with Crippen molar-refractivity contribution in [3.8, 4) is 0 Å². The molecule has 116 valence electrons. The second-order valence-corrected chi connectivity index (χ2v) is 6.31. The maximum absolute atomic E-state index is 14.1. The third-order valence-electron chi connectivity index (χ3n) is 5.00. The first-order valence-electron chi connectivity index (χ1n) is 7.59. The van der Waals surface area contributed by atoms with Crippen molar-refractivity contribution in [2.45, 2.75) is 44.3 Å². The third-order valence-corrected chi connectivity index (χ3v) is 5.00. The van der Waals surface area contributed by atoms with Gasteiger partial charge < -0.3 is 15.1 Å². The number of hydrogen-bond donors (Lipinski definition) is 2. The van der Waals surface area contributed by atoms with Gasteiger partial charge in [0, 0.05) is 19.0 Å². The number of aliphatic hydroxyl groups excluding tert-OH is 1. The van der Waals surface area contributed by atoms with E-state index in [1.54, 1.807) is 4.90 Å². The molecule has 2 N–H and O–H groups in total. The lowest BCUT2D eigenvalue weighted by Gasteiger charge is -2.48. The maximum Gasteiger partial charge on any atom is 0.149 e. The minimum absolute atomic E-state index is 0.0279. The lowest BCUT2D eigenvalue weighted by atomic mass is 9.71. The molecule has 1 saturated heterocycles. The van der Waals surface area contributed by atoms with Crippen LogP contribution >= 0.6 is 0 Å². The molecule has 0 bridgehead atoms. The standard InChI is InChI=1S/C16H21F2NO2/c17-13-7-11(10-20)8-14(18)15(13)19-6-5-16(21)4-2-1-3-12(16)9-19/h7-8,12,20-21H,1-6,9-10H2. The Morgan fingerprint density at radius 1 is 1.19 bits per heavy atom. The minimum atomic E-state index is -0.660. The molecule has 2 unspecified atom stereocenters. The van der Waals surface area contributed by atoms with E-state index < -0.39 is 17.2 Å². The Morgan fingerprint density at radius 2 is 1.90 bits per heavy atom. The topological polar surface area (TPSA) is 43.7 Å². The lowest BCUT2D eigenvalue weighted by molar-refractivity contribution is -0.0614. The quantitative estimate of drug-likeness (QED) is 0.882. The Kier molecular flexibility index (Phi) is 3.88. The molecular weight excluding hydrogens is 276 g/mol. The minimum Gasteiger partial charge on any atom is -0.392 e. The van der Waals surface area contributed by atoms with E-state index in [1.807, 2.05) is 0 Å². The first-order chi connectivity index (χ1) is 10.0. The van der Waals surface area contributed by atoms with E-state index >= 15 is 0 Å². The molecule has 21 heavy (non-hydrogen) atoms. The van der Waals surface area contributed by atoms with Crippen molar-refractivity contribution in [1.82, 2.24) is 0 Å². The second kappa shape index (κ2) is 5.54. The largest absolute Gasteiger partial charge is 0.392 e. The summed E-state index contributed by atoms with van der Waals surface area (Å²) in [7, 11) is 0. The van der Waals surface area contributed by atoms with E-state index in [2.05, 4.69) is 0 Å². The van der Waals surface area contributed by atoms with Crippen molar-refractivity contribution >= 4 is 5.69 Å². The van der Waals surface area contributed by atoms with E-state index in [-0.39, 0.29) is 23.8 Å². The van der Waals surface area contributed by atoms with Gasteiger partial charge >= 0.3 is 0 Å². The molecule has 2 atom stereocenters. The van der Waals surface area contributed by atoms with Gasteiger partial charge in [-0.05, 0) is 37.0 Å². The molecule has 1 aromatic carbocycles. The van der Waals surface area contributed by atoms with Crippen LogP contribution in [0.1, 0.15) is 37.7 Å². The number of fused-ring (bicyclic) bond motifs is 1. The van der Waals surface area contributed by atoms with Crippen LogP contribution in [0.2, 0.25) is 0 Å². The molecular formula is C16H21F2NO2. The fraction of sp³-hybridized carbons (Fsp3) is 0.625. The number of piperidine rings is 1. The van der Waals surface area contributed by atoms with E-state index in [9.17, 15) is 13.9 Å². The molecule has 3 nitrogen and oxygen atoms in total. The molecule has 3 rings (SSSR count). The molecule has 0 radical (unpaired) electrons. The SMILES string of the molecule is OCc1cc(F)c(N2CCC3(O)CCCCC3C2)c(F)c1. The van der Waals surface area contributed by atoms with E-state index in [4.69, 9.17) is 5.11 Å². The average molecular weight is 297 g/mol. The Morgan fingerprint density at radius 3 is 2.57 bits per heavy atom.